The van der Waals surface area contributed by atoms with Crippen molar-refractivity contribution < 1.29 is 9.59 Å². The molecule has 3 aromatic rings. The van der Waals surface area contributed by atoms with E-state index in [-0.39, 0.29) is 28.7 Å². The maximum absolute atomic E-state index is 13.0. The summed E-state index contributed by atoms with van der Waals surface area (Å²) in [4.78, 5) is 42.8. The number of pyridine rings is 1. The van der Waals surface area contributed by atoms with Gasteiger partial charge < -0.3 is 9.88 Å². The SMILES string of the molecule is CC(C)Cc1ccc(C(=O)C2CCN(C(=O)c3cc4ccccc4[nH]c3=O)CC2)cc1. The van der Waals surface area contributed by atoms with Gasteiger partial charge in [-0.3, -0.25) is 14.4 Å². The third-order valence-electron chi connectivity index (χ3n) is 6.02. The van der Waals surface area contributed by atoms with Gasteiger partial charge in [0.2, 0.25) is 0 Å². The maximum Gasteiger partial charge on any atom is 0.261 e. The number of fused-ring (bicyclic) bond motifs is 1. The number of Topliss-reactive ketones (excluding diaryl/α,β-unsaturated/α-hetero) is 1. The second-order valence-corrected chi connectivity index (χ2v) is 8.83. The minimum Gasteiger partial charge on any atom is -0.338 e. The molecule has 1 N–H and O–H groups in total. The molecule has 1 aliphatic rings. The van der Waals surface area contributed by atoms with Gasteiger partial charge in [0.1, 0.15) is 5.56 Å². The lowest BCUT2D eigenvalue weighted by molar-refractivity contribution is 0.0649. The Labute approximate surface area is 182 Å². The molecule has 4 rings (SSSR count). The first kappa shape index (κ1) is 21.0. The number of amides is 1. The van der Waals surface area contributed by atoms with Crippen LogP contribution in [0, 0.1) is 11.8 Å². The highest BCUT2D eigenvalue weighted by molar-refractivity contribution is 5.99. The Balaban J connectivity index is 1.41. The summed E-state index contributed by atoms with van der Waals surface area (Å²) in [5.41, 5.74) is 2.48. The van der Waals surface area contributed by atoms with Gasteiger partial charge in [-0.15, -0.1) is 0 Å². The van der Waals surface area contributed by atoms with Crippen LogP contribution in [0.1, 0.15) is 53.0 Å². The third kappa shape index (κ3) is 4.61. The number of likely N-dealkylation sites (tertiary alicyclic amines) is 1. The first-order valence-corrected chi connectivity index (χ1v) is 11.0. The summed E-state index contributed by atoms with van der Waals surface area (Å²) in [6.07, 6.45) is 2.23. The molecule has 0 bridgehead atoms. The van der Waals surface area contributed by atoms with Crippen LogP contribution in [0.25, 0.3) is 10.9 Å². The quantitative estimate of drug-likeness (QED) is 0.624. The van der Waals surface area contributed by atoms with Crippen LogP contribution in [0.2, 0.25) is 0 Å². The molecule has 5 heteroatoms. The van der Waals surface area contributed by atoms with Gasteiger partial charge in [0, 0.05) is 30.1 Å². The normalized spacial score (nSPS) is 14.9. The summed E-state index contributed by atoms with van der Waals surface area (Å²) in [5.74, 6) is 0.371. The van der Waals surface area contributed by atoms with E-state index < -0.39 is 0 Å². The van der Waals surface area contributed by atoms with Gasteiger partial charge in [0.25, 0.3) is 11.5 Å². The largest absolute Gasteiger partial charge is 0.338 e. The second-order valence-electron chi connectivity index (χ2n) is 8.83. The average Bonchev–Trinajstić information content (AvgIpc) is 2.78. The standard InChI is InChI=1S/C26H28N2O3/c1-17(2)15-18-7-9-19(10-8-18)24(29)20-11-13-28(14-12-20)26(31)22-16-21-5-3-4-6-23(21)27-25(22)30/h3-10,16-17,20H,11-15H2,1-2H3,(H,27,30). The van der Waals surface area contributed by atoms with Gasteiger partial charge in [0.05, 0.1) is 0 Å². The summed E-state index contributed by atoms with van der Waals surface area (Å²) < 4.78 is 0. The molecule has 0 aliphatic carbocycles. The van der Waals surface area contributed by atoms with E-state index in [2.05, 4.69) is 18.8 Å². The zero-order valence-corrected chi connectivity index (χ0v) is 18.1. The predicted octanol–water partition coefficient (Wildman–Crippen LogP) is 4.46. The molecular weight excluding hydrogens is 388 g/mol. The molecule has 1 aliphatic heterocycles. The number of H-pyrrole nitrogens is 1. The molecule has 1 aromatic heterocycles. The van der Waals surface area contributed by atoms with Crippen LogP contribution >= 0.6 is 0 Å². The number of nitrogens with zero attached hydrogens (tertiary/aromatic N) is 1. The molecule has 160 valence electrons. The van der Waals surface area contributed by atoms with Gasteiger partial charge in [-0.05, 0) is 48.3 Å². The third-order valence-corrected chi connectivity index (χ3v) is 6.02. The monoisotopic (exact) mass is 416 g/mol. The van der Waals surface area contributed by atoms with Crippen LogP contribution < -0.4 is 5.56 Å². The Hall–Kier alpha value is -3.21. The summed E-state index contributed by atoms with van der Waals surface area (Å²) in [6, 6.07) is 17.0. The molecule has 0 atom stereocenters. The van der Waals surface area contributed by atoms with Crippen molar-refractivity contribution in [3.05, 3.63) is 81.6 Å². The molecule has 0 spiro atoms. The van der Waals surface area contributed by atoms with Crippen molar-refractivity contribution in [2.75, 3.05) is 13.1 Å². The smallest absolute Gasteiger partial charge is 0.261 e. The molecular formula is C26H28N2O3. The van der Waals surface area contributed by atoms with Crippen molar-refractivity contribution in [2.24, 2.45) is 11.8 Å². The molecule has 1 amide bonds. The Morgan fingerprint density at radius 1 is 1.03 bits per heavy atom. The fraction of sp³-hybridized carbons (Fsp3) is 0.346. The highest BCUT2D eigenvalue weighted by atomic mass is 16.2. The van der Waals surface area contributed by atoms with Crippen LogP contribution in [-0.4, -0.2) is 34.7 Å². The molecule has 2 aromatic carbocycles. The molecule has 31 heavy (non-hydrogen) atoms. The lowest BCUT2D eigenvalue weighted by Crippen LogP contribution is -2.42. The molecule has 0 radical (unpaired) electrons. The minimum atomic E-state index is -0.372. The van der Waals surface area contributed by atoms with Crippen LogP contribution in [0.5, 0.6) is 0 Å². The number of para-hydroxylation sites is 1. The number of piperidine rings is 1. The van der Waals surface area contributed by atoms with Gasteiger partial charge in [-0.2, -0.15) is 0 Å². The lowest BCUT2D eigenvalue weighted by Gasteiger charge is -2.31. The zero-order chi connectivity index (χ0) is 22.0. The summed E-state index contributed by atoms with van der Waals surface area (Å²) in [5, 5.41) is 0.830. The van der Waals surface area contributed by atoms with Crippen LogP contribution in [-0.2, 0) is 6.42 Å². The Kier molecular flexibility index (Phi) is 6.03. The fourth-order valence-electron chi connectivity index (χ4n) is 4.33. The van der Waals surface area contributed by atoms with Crippen molar-refractivity contribution in [3.8, 4) is 0 Å². The zero-order valence-electron chi connectivity index (χ0n) is 18.1. The molecule has 0 saturated carbocycles. The molecule has 2 heterocycles. The fourth-order valence-corrected chi connectivity index (χ4v) is 4.33. The lowest BCUT2D eigenvalue weighted by atomic mass is 9.88. The highest BCUT2D eigenvalue weighted by Crippen LogP contribution is 2.23. The van der Waals surface area contributed by atoms with E-state index >= 15 is 0 Å². The predicted molar refractivity (Wildman–Crippen MR) is 123 cm³/mol. The van der Waals surface area contributed by atoms with Crippen molar-refractivity contribution >= 4 is 22.6 Å². The minimum absolute atomic E-state index is 0.0881. The Morgan fingerprint density at radius 2 is 1.71 bits per heavy atom. The topological polar surface area (TPSA) is 70.2 Å². The number of ketones is 1. The number of carbonyl (C=O) groups is 2. The molecule has 1 fully saturated rings. The Morgan fingerprint density at radius 3 is 2.39 bits per heavy atom. The number of hydrogen-bond donors (Lipinski definition) is 1. The molecule has 0 unspecified atom stereocenters. The van der Waals surface area contributed by atoms with E-state index in [9.17, 15) is 14.4 Å². The second kappa shape index (κ2) is 8.88. The molecule has 5 nitrogen and oxygen atoms in total. The van der Waals surface area contributed by atoms with Crippen LogP contribution in [0.3, 0.4) is 0 Å². The number of carbonyl (C=O) groups excluding carboxylic acids is 2. The average molecular weight is 417 g/mol. The van der Waals surface area contributed by atoms with Gasteiger partial charge >= 0.3 is 0 Å². The van der Waals surface area contributed by atoms with E-state index in [4.69, 9.17) is 0 Å². The number of hydrogen-bond acceptors (Lipinski definition) is 3. The van der Waals surface area contributed by atoms with Crippen LogP contribution in [0.4, 0.5) is 0 Å². The number of aromatic amines is 1. The molecule has 1 saturated heterocycles. The summed E-state index contributed by atoms with van der Waals surface area (Å²) >= 11 is 0. The van der Waals surface area contributed by atoms with Crippen molar-refractivity contribution in [2.45, 2.75) is 33.1 Å². The van der Waals surface area contributed by atoms with Gasteiger partial charge in [-0.1, -0.05) is 56.3 Å². The maximum atomic E-state index is 13.0. The van der Waals surface area contributed by atoms with E-state index in [1.54, 1.807) is 11.0 Å². The van der Waals surface area contributed by atoms with Gasteiger partial charge in [0.15, 0.2) is 5.78 Å². The van der Waals surface area contributed by atoms with E-state index in [1.165, 1.54) is 5.56 Å². The number of nitrogens with one attached hydrogen (secondary N) is 1. The van der Waals surface area contributed by atoms with E-state index in [1.807, 2.05) is 48.5 Å². The number of benzene rings is 2. The first-order chi connectivity index (χ1) is 14.9. The summed E-state index contributed by atoms with van der Waals surface area (Å²) in [6.45, 7) is 5.32. The van der Waals surface area contributed by atoms with Crippen LogP contribution in [0.15, 0.2) is 59.4 Å². The Bertz CT molecular complexity index is 1150. The summed E-state index contributed by atoms with van der Waals surface area (Å²) in [7, 11) is 0. The van der Waals surface area contributed by atoms with E-state index in [0.717, 1.165) is 17.4 Å². The number of rotatable bonds is 5. The van der Waals surface area contributed by atoms with Gasteiger partial charge in [-0.25, -0.2) is 0 Å². The number of aromatic nitrogens is 1. The first-order valence-electron chi connectivity index (χ1n) is 11.0. The van der Waals surface area contributed by atoms with Crippen molar-refractivity contribution in [1.29, 1.82) is 0 Å². The highest BCUT2D eigenvalue weighted by Gasteiger charge is 2.29. The van der Waals surface area contributed by atoms with E-state index in [0.29, 0.717) is 37.4 Å². The van der Waals surface area contributed by atoms with Crippen molar-refractivity contribution in [3.63, 3.8) is 0 Å². The van der Waals surface area contributed by atoms with Crippen molar-refractivity contribution in [1.82, 2.24) is 9.88 Å².